The van der Waals surface area contributed by atoms with E-state index >= 15 is 0 Å². The number of nitrogens with one attached hydrogen (secondary N) is 2. The van der Waals surface area contributed by atoms with Crippen LogP contribution in [0.25, 0.3) is 0 Å². The fourth-order valence-electron chi connectivity index (χ4n) is 2.25. The van der Waals surface area contributed by atoms with E-state index in [9.17, 15) is 26.8 Å². The summed E-state index contributed by atoms with van der Waals surface area (Å²) in [7, 11) is -3.77. The van der Waals surface area contributed by atoms with Crippen LogP contribution in [0.1, 0.15) is 22.8 Å². The minimum Gasteiger partial charge on any atom is -0.452 e. The van der Waals surface area contributed by atoms with Crippen molar-refractivity contribution in [1.29, 1.82) is 0 Å². The van der Waals surface area contributed by atoms with Gasteiger partial charge in [0.25, 0.3) is 5.91 Å². The van der Waals surface area contributed by atoms with Gasteiger partial charge in [0.1, 0.15) is 11.6 Å². The second kappa shape index (κ2) is 8.89. The van der Waals surface area contributed by atoms with E-state index in [0.717, 1.165) is 18.2 Å². The number of benzene rings is 2. The van der Waals surface area contributed by atoms with Crippen LogP contribution in [0.4, 0.5) is 14.5 Å². The Morgan fingerprint density at radius 2 is 1.82 bits per heavy atom. The van der Waals surface area contributed by atoms with Crippen LogP contribution in [0.15, 0.2) is 41.3 Å². The van der Waals surface area contributed by atoms with Crippen LogP contribution in [0.5, 0.6) is 0 Å². The van der Waals surface area contributed by atoms with Crippen LogP contribution in [0.2, 0.25) is 0 Å². The van der Waals surface area contributed by atoms with Crippen molar-refractivity contribution in [3.8, 4) is 0 Å². The van der Waals surface area contributed by atoms with Crippen LogP contribution in [-0.4, -0.2) is 33.4 Å². The van der Waals surface area contributed by atoms with Gasteiger partial charge in [0, 0.05) is 12.6 Å². The standard InChI is InChI=1S/C18H18F2N2O5S/c1-3-21-28(25,26)13-6-4-11(2)14(9-13)18(24)27-10-17(23)22-16-7-5-12(19)8-15(16)20/h4-9,21H,3,10H2,1-2H3,(H,22,23). The van der Waals surface area contributed by atoms with Crippen molar-refractivity contribution >= 4 is 27.6 Å². The third-order valence-electron chi connectivity index (χ3n) is 3.61. The minimum atomic E-state index is -3.77. The first-order chi connectivity index (χ1) is 13.1. The van der Waals surface area contributed by atoms with Gasteiger partial charge in [-0.25, -0.2) is 26.7 Å². The molecule has 7 nitrogen and oxygen atoms in total. The molecule has 0 fully saturated rings. The Hall–Kier alpha value is -2.85. The van der Waals surface area contributed by atoms with Crippen LogP contribution < -0.4 is 10.0 Å². The summed E-state index contributed by atoms with van der Waals surface area (Å²) in [5.41, 5.74) is 0.155. The number of hydrogen-bond acceptors (Lipinski definition) is 5. The first kappa shape index (κ1) is 21.5. The lowest BCUT2D eigenvalue weighted by molar-refractivity contribution is -0.119. The molecule has 0 atom stereocenters. The maximum Gasteiger partial charge on any atom is 0.338 e. The molecule has 2 N–H and O–H groups in total. The molecule has 0 bridgehead atoms. The fourth-order valence-corrected chi connectivity index (χ4v) is 3.31. The maximum atomic E-state index is 13.5. The van der Waals surface area contributed by atoms with Gasteiger partial charge in [0.2, 0.25) is 10.0 Å². The monoisotopic (exact) mass is 412 g/mol. The number of carbonyl (C=O) groups is 2. The molecule has 28 heavy (non-hydrogen) atoms. The number of amides is 1. The second-order valence-corrected chi connectivity index (χ2v) is 7.49. The summed E-state index contributed by atoms with van der Waals surface area (Å²) in [6, 6.07) is 6.52. The van der Waals surface area contributed by atoms with E-state index in [1.165, 1.54) is 12.1 Å². The van der Waals surface area contributed by atoms with E-state index in [2.05, 4.69) is 10.0 Å². The molecule has 1 amide bonds. The van der Waals surface area contributed by atoms with Crippen molar-refractivity contribution in [1.82, 2.24) is 4.72 Å². The topological polar surface area (TPSA) is 102 Å². The lowest BCUT2D eigenvalue weighted by Gasteiger charge is -2.10. The summed E-state index contributed by atoms with van der Waals surface area (Å²) < 4.78 is 57.7. The highest BCUT2D eigenvalue weighted by Crippen LogP contribution is 2.17. The highest BCUT2D eigenvalue weighted by Gasteiger charge is 2.19. The summed E-state index contributed by atoms with van der Waals surface area (Å²) in [6.45, 7) is 2.63. The lowest BCUT2D eigenvalue weighted by Crippen LogP contribution is -2.24. The average molecular weight is 412 g/mol. The van der Waals surface area contributed by atoms with Gasteiger partial charge in [-0.3, -0.25) is 4.79 Å². The maximum absolute atomic E-state index is 13.5. The largest absolute Gasteiger partial charge is 0.452 e. The molecule has 0 aliphatic heterocycles. The van der Waals surface area contributed by atoms with Crippen molar-refractivity contribution in [3.63, 3.8) is 0 Å². The molecule has 0 saturated carbocycles. The van der Waals surface area contributed by atoms with Crippen molar-refractivity contribution in [2.75, 3.05) is 18.5 Å². The van der Waals surface area contributed by atoms with Crippen molar-refractivity contribution < 1.29 is 31.5 Å². The van der Waals surface area contributed by atoms with E-state index in [-0.39, 0.29) is 22.7 Å². The first-order valence-corrected chi connectivity index (χ1v) is 9.64. The zero-order valence-electron chi connectivity index (χ0n) is 15.1. The number of anilines is 1. The Morgan fingerprint density at radius 1 is 1.11 bits per heavy atom. The molecular weight excluding hydrogens is 394 g/mol. The normalized spacial score (nSPS) is 11.1. The van der Waals surface area contributed by atoms with Crippen LogP contribution in [-0.2, 0) is 19.6 Å². The zero-order valence-corrected chi connectivity index (χ0v) is 15.9. The molecule has 0 unspecified atom stereocenters. The van der Waals surface area contributed by atoms with Gasteiger partial charge < -0.3 is 10.1 Å². The van der Waals surface area contributed by atoms with Gasteiger partial charge in [0.15, 0.2) is 6.61 Å². The van der Waals surface area contributed by atoms with Gasteiger partial charge in [0.05, 0.1) is 16.1 Å². The van der Waals surface area contributed by atoms with Crippen molar-refractivity contribution in [3.05, 3.63) is 59.2 Å². The summed E-state index contributed by atoms with van der Waals surface area (Å²) in [5, 5.41) is 2.15. The van der Waals surface area contributed by atoms with Gasteiger partial charge in [-0.1, -0.05) is 13.0 Å². The molecule has 0 radical (unpaired) electrons. The van der Waals surface area contributed by atoms with Crippen molar-refractivity contribution in [2.45, 2.75) is 18.7 Å². The highest BCUT2D eigenvalue weighted by atomic mass is 32.2. The number of hydrogen-bond donors (Lipinski definition) is 2. The van der Waals surface area contributed by atoms with E-state index in [1.54, 1.807) is 13.8 Å². The van der Waals surface area contributed by atoms with E-state index in [0.29, 0.717) is 11.6 Å². The quantitative estimate of drug-likeness (QED) is 0.680. The zero-order chi connectivity index (χ0) is 20.9. The third-order valence-corrected chi connectivity index (χ3v) is 5.16. The Balaban J connectivity index is 2.07. The molecular formula is C18H18F2N2O5S. The Kier molecular flexibility index (Phi) is 6.81. The number of rotatable bonds is 7. The molecule has 0 aromatic heterocycles. The second-order valence-electron chi connectivity index (χ2n) is 5.73. The molecule has 2 aromatic carbocycles. The average Bonchev–Trinajstić information content (AvgIpc) is 2.62. The van der Waals surface area contributed by atoms with Crippen LogP contribution in [0.3, 0.4) is 0 Å². The molecule has 0 saturated heterocycles. The van der Waals surface area contributed by atoms with Gasteiger partial charge in [-0.05, 0) is 36.8 Å². The molecule has 0 aliphatic rings. The Morgan fingerprint density at radius 3 is 2.46 bits per heavy atom. The molecule has 0 aliphatic carbocycles. The third kappa shape index (κ3) is 5.33. The first-order valence-electron chi connectivity index (χ1n) is 8.16. The van der Waals surface area contributed by atoms with E-state index in [4.69, 9.17) is 4.74 Å². The predicted octanol–water partition coefficient (Wildman–Crippen LogP) is 2.37. The molecule has 150 valence electrons. The summed E-state index contributed by atoms with van der Waals surface area (Å²) in [4.78, 5) is 23.9. The molecule has 0 spiro atoms. The van der Waals surface area contributed by atoms with Crippen LogP contribution in [0, 0.1) is 18.6 Å². The van der Waals surface area contributed by atoms with E-state index < -0.39 is 40.1 Å². The summed E-state index contributed by atoms with van der Waals surface area (Å²) in [5.74, 6) is -3.53. The number of aryl methyl sites for hydroxylation is 1. The Bertz CT molecular complexity index is 1010. The van der Waals surface area contributed by atoms with Crippen LogP contribution >= 0.6 is 0 Å². The fraction of sp³-hybridized carbons (Fsp3) is 0.222. The summed E-state index contributed by atoms with van der Waals surface area (Å²) in [6.07, 6.45) is 0. The predicted molar refractivity (Wildman–Crippen MR) is 97.3 cm³/mol. The molecule has 2 rings (SSSR count). The Labute approximate surface area is 160 Å². The lowest BCUT2D eigenvalue weighted by atomic mass is 10.1. The van der Waals surface area contributed by atoms with Gasteiger partial charge >= 0.3 is 5.97 Å². The SMILES string of the molecule is CCNS(=O)(=O)c1ccc(C)c(C(=O)OCC(=O)Nc2ccc(F)cc2F)c1. The summed E-state index contributed by atoms with van der Waals surface area (Å²) >= 11 is 0. The number of halogens is 2. The number of esters is 1. The van der Waals surface area contributed by atoms with Gasteiger partial charge in [-0.2, -0.15) is 0 Å². The number of ether oxygens (including phenoxy) is 1. The smallest absolute Gasteiger partial charge is 0.338 e. The van der Waals surface area contributed by atoms with E-state index in [1.807, 2.05) is 0 Å². The molecule has 2 aromatic rings. The van der Waals surface area contributed by atoms with Gasteiger partial charge in [-0.15, -0.1) is 0 Å². The molecule has 0 heterocycles. The van der Waals surface area contributed by atoms with Crippen molar-refractivity contribution in [2.24, 2.45) is 0 Å². The highest BCUT2D eigenvalue weighted by molar-refractivity contribution is 7.89. The molecule has 10 heteroatoms. The number of sulfonamides is 1. The minimum absolute atomic E-state index is 0.0280. The number of carbonyl (C=O) groups excluding carboxylic acids is 2.